The average Bonchev–Trinajstić information content (AvgIpc) is 3.18. The Morgan fingerprint density at radius 3 is 2.21 bits per heavy atom. The predicted molar refractivity (Wildman–Crippen MR) is 112 cm³/mol. The van der Waals surface area contributed by atoms with Crippen LogP contribution in [-0.4, -0.2) is 15.7 Å². The number of rotatable bonds is 5. The highest BCUT2D eigenvalue weighted by molar-refractivity contribution is 5.97. The molecule has 1 heterocycles. The summed E-state index contributed by atoms with van der Waals surface area (Å²) in [5, 5.41) is 7.96. The summed E-state index contributed by atoms with van der Waals surface area (Å²) < 4.78 is 1.45. The number of hydrogen-bond acceptors (Lipinski definition) is 3. The van der Waals surface area contributed by atoms with Crippen LogP contribution in [0.3, 0.4) is 0 Å². The fourth-order valence-corrected chi connectivity index (χ4v) is 3.02. The summed E-state index contributed by atoms with van der Waals surface area (Å²) in [4.78, 5) is 13.1. The molecule has 0 aliphatic heterocycles. The van der Waals surface area contributed by atoms with Crippen LogP contribution in [0, 0.1) is 6.92 Å². The SMILES string of the molecule is Cc1ccc(C(=O)n2nc(-c3ccccc3)cc2NCc2ccccc2)cc1. The molecule has 0 bridgehead atoms. The quantitative estimate of drug-likeness (QED) is 0.530. The number of benzene rings is 3. The lowest BCUT2D eigenvalue weighted by atomic mass is 10.1. The topological polar surface area (TPSA) is 46.9 Å². The first-order chi connectivity index (χ1) is 13.7. The van der Waals surface area contributed by atoms with Gasteiger partial charge in [-0.25, -0.2) is 0 Å². The Kier molecular flexibility index (Phi) is 5.02. The van der Waals surface area contributed by atoms with Gasteiger partial charge in [-0.1, -0.05) is 78.4 Å². The second-order valence-electron chi connectivity index (χ2n) is 6.70. The number of nitrogens with one attached hydrogen (secondary N) is 1. The maximum absolute atomic E-state index is 13.1. The Labute approximate surface area is 164 Å². The molecule has 1 N–H and O–H groups in total. The molecule has 0 spiro atoms. The van der Waals surface area contributed by atoms with Crippen LogP contribution in [0.2, 0.25) is 0 Å². The molecule has 0 aliphatic carbocycles. The summed E-state index contributed by atoms with van der Waals surface area (Å²) in [5.41, 5.74) is 4.59. The molecule has 0 fully saturated rings. The largest absolute Gasteiger partial charge is 0.366 e. The summed E-state index contributed by atoms with van der Waals surface area (Å²) in [6, 6.07) is 29.4. The third-order valence-electron chi connectivity index (χ3n) is 4.59. The van der Waals surface area contributed by atoms with E-state index in [2.05, 4.69) is 10.4 Å². The molecule has 1 aromatic heterocycles. The molecule has 0 unspecified atom stereocenters. The fourth-order valence-electron chi connectivity index (χ4n) is 3.02. The smallest absolute Gasteiger partial charge is 0.280 e. The maximum atomic E-state index is 13.1. The van der Waals surface area contributed by atoms with E-state index in [0.29, 0.717) is 17.9 Å². The zero-order chi connectivity index (χ0) is 19.3. The van der Waals surface area contributed by atoms with Crippen molar-refractivity contribution < 1.29 is 4.79 Å². The molecule has 138 valence electrons. The second-order valence-corrected chi connectivity index (χ2v) is 6.70. The minimum Gasteiger partial charge on any atom is -0.366 e. The summed E-state index contributed by atoms with van der Waals surface area (Å²) in [7, 11) is 0. The van der Waals surface area contributed by atoms with Crippen molar-refractivity contribution in [2.24, 2.45) is 0 Å². The highest BCUT2D eigenvalue weighted by atomic mass is 16.2. The van der Waals surface area contributed by atoms with Crippen molar-refractivity contribution in [1.29, 1.82) is 0 Å². The molecule has 3 aromatic carbocycles. The van der Waals surface area contributed by atoms with E-state index < -0.39 is 0 Å². The van der Waals surface area contributed by atoms with E-state index in [-0.39, 0.29) is 5.91 Å². The third-order valence-corrected chi connectivity index (χ3v) is 4.59. The van der Waals surface area contributed by atoms with Crippen molar-refractivity contribution in [3.05, 3.63) is 108 Å². The van der Waals surface area contributed by atoms with Gasteiger partial charge in [0.2, 0.25) is 0 Å². The van der Waals surface area contributed by atoms with Gasteiger partial charge in [-0.3, -0.25) is 4.79 Å². The standard InChI is InChI=1S/C24H21N3O/c1-18-12-14-21(15-13-18)24(28)27-23(25-17-19-8-4-2-5-9-19)16-22(26-27)20-10-6-3-7-11-20/h2-16,25H,17H2,1H3. The molecule has 0 saturated carbocycles. The summed E-state index contributed by atoms with van der Waals surface area (Å²) in [6.07, 6.45) is 0. The fraction of sp³-hybridized carbons (Fsp3) is 0.0833. The summed E-state index contributed by atoms with van der Waals surface area (Å²) in [6.45, 7) is 2.62. The van der Waals surface area contributed by atoms with E-state index in [1.165, 1.54) is 4.68 Å². The molecule has 0 saturated heterocycles. The predicted octanol–water partition coefficient (Wildman–Crippen LogP) is 5.16. The third kappa shape index (κ3) is 3.86. The highest BCUT2D eigenvalue weighted by Crippen LogP contribution is 2.23. The van der Waals surface area contributed by atoms with Crippen LogP contribution in [0.1, 0.15) is 21.5 Å². The lowest BCUT2D eigenvalue weighted by Gasteiger charge is -2.09. The molecule has 28 heavy (non-hydrogen) atoms. The average molecular weight is 367 g/mol. The van der Waals surface area contributed by atoms with Crippen LogP contribution in [-0.2, 0) is 6.54 Å². The molecular weight excluding hydrogens is 346 g/mol. The van der Waals surface area contributed by atoms with Crippen molar-refractivity contribution in [3.63, 3.8) is 0 Å². The summed E-state index contributed by atoms with van der Waals surface area (Å²) >= 11 is 0. The van der Waals surface area contributed by atoms with E-state index >= 15 is 0 Å². The lowest BCUT2D eigenvalue weighted by Crippen LogP contribution is -2.17. The van der Waals surface area contributed by atoms with Crippen LogP contribution in [0.5, 0.6) is 0 Å². The number of hydrogen-bond donors (Lipinski definition) is 1. The van der Waals surface area contributed by atoms with Gasteiger partial charge in [0, 0.05) is 23.7 Å². The maximum Gasteiger partial charge on any atom is 0.280 e. The minimum absolute atomic E-state index is 0.155. The van der Waals surface area contributed by atoms with Gasteiger partial charge in [0.25, 0.3) is 5.91 Å². The Balaban J connectivity index is 1.69. The van der Waals surface area contributed by atoms with Crippen LogP contribution in [0.25, 0.3) is 11.3 Å². The molecule has 0 aliphatic rings. The van der Waals surface area contributed by atoms with Gasteiger partial charge in [-0.2, -0.15) is 9.78 Å². The van der Waals surface area contributed by atoms with Crippen molar-refractivity contribution >= 4 is 11.7 Å². The number of carbonyl (C=O) groups excluding carboxylic acids is 1. The zero-order valence-corrected chi connectivity index (χ0v) is 15.7. The van der Waals surface area contributed by atoms with Gasteiger partial charge in [-0.05, 0) is 24.6 Å². The molecule has 4 heteroatoms. The number of aromatic nitrogens is 2. The van der Waals surface area contributed by atoms with E-state index in [0.717, 1.165) is 22.4 Å². The molecule has 4 nitrogen and oxygen atoms in total. The van der Waals surface area contributed by atoms with Gasteiger partial charge in [0.1, 0.15) is 5.82 Å². The van der Waals surface area contributed by atoms with Gasteiger partial charge < -0.3 is 5.32 Å². The second kappa shape index (κ2) is 7.92. The van der Waals surface area contributed by atoms with Crippen molar-refractivity contribution in [2.75, 3.05) is 5.32 Å². The van der Waals surface area contributed by atoms with Gasteiger partial charge in [-0.15, -0.1) is 0 Å². The normalized spacial score (nSPS) is 10.6. The molecular formula is C24H21N3O. The number of nitrogens with zero attached hydrogens (tertiary/aromatic N) is 2. The van der Waals surface area contributed by atoms with Gasteiger partial charge in [0.05, 0.1) is 5.69 Å². The van der Waals surface area contributed by atoms with Crippen LogP contribution in [0.4, 0.5) is 5.82 Å². The van der Waals surface area contributed by atoms with E-state index in [1.54, 1.807) is 0 Å². The van der Waals surface area contributed by atoms with Crippen molar-refractivity contribution in [2.45, 2.75) is 13.5 Å². The minimum atomic E-state index is -0.155. The van der Waals surface area contributed by atoms with Gasteiger partial charge >= 0.3 is 0 Å². The van der Waals surface area contributed by atoms with Crippen LogP contribution in [0.15, 0.2) is 91.0 Å². The Hall–Kier alpha value is -3.66. The Bertz CT molecular complexity index is 1070. The van der Waals surface area contributed by atoms with E-state index in [9.17, 15) is 4.79 Å². The van der Waals surface area contributed by atoms with E-state index in [1.807, 2.05) is 97.9 Å². The Morgan fingerprint density at radius 2 is 1.54 bits per heavy atom. The lowest BCUT2D eigenvalue weighted by molar-refractivity contribution is 0.0948. The molecule has 4 rings (SSSR count). The first-order valence-corrected chi connectivity index (χ1v) is 9.25. The molecule has 0 atom stereocenters. The van der Waals surface area contributed by atoms with Crippen LogP contribution >= 0.6 is 0 Å². The molecule has 0 radical (unpaired) electrons. The van der Waals surface area contributed by atoms with Gasteiger partial charge in [0.15, 0.2) is 0 Å². The molecule has 4 aromatic rings. The first kappa shape index (κ1) is 17.7. The summed E-state index contributed by atoms with van der Waals surface area (Å²) in [5.74, 6) is 0.519. The number of anilines is 1. The van der Waals surface area contributed by atoms with Crippen molar-refractivity contribution in [1.82, 2.24) is 9.78 Å². The molecule has 0 amide bonds. The number of carbonyl (C=O) groups is 1. The van der Waals surface area contributed by atoms with E-state index in [4.69, 9.17) is 0 Å². The van der Waals surface area contributed by atoms with Crippen molar-refractivity contribution in [3.8, 4) is 11.3 Å². The zero-order valence-electron chi connectivity index (χ0n) is 15.7. The monoisotopic (exact) mass is 367 g/mol. The highest BCUT2D eigenvalue weighted by Gasteiger charge is 2.17. The first-order valence-electron chi connectivity index (χ1n) is 9.25. The Morgan fingerprint density at radius 1 is 0.893 bits per heavy atom. The van der Waals surface area contributed by atoms with Crippen LogP contribution < -0.4 is 5.32 Å². The number of aryl methyl sites for hydroxylation is 1.